The molecule has 1 aromatic carbocycles. The Labute approximate surface area is 133 Å². The molecule has 1 aromatic heterocycles. The number of aromatic nitrogens is 3. The Morgan fingerprint density at radius 1 is 1.22 bits per heavy atom. The fourth-order valence-electron chi connectivity index (χ4n) is 1.98. The smallest absolute Gasteiger partial charge is 0.335 e. The van der Waals surface area contributed by atoms with Crippen molar-refractivity contribution in [2.24, 2.45) is 7.05 Å². The topological polar surface area (TPSA) is 109 Å². The Hall–Kier alpha value is -2.90. The van der Waals surface area contributed by atoms with Gasteiger partial charge in [-0.1, -0.05) is 12.1 Å². The lowest BCUT2D eigenvalue weighted by Crippen LogP contribution is -2.35. The van der Waals surface area contributed by atoms with Crippen LogP contribution in [0.3, 0.4) is 0 Å². The van der Waals surface area contributed by atoms with Gasteiger partial charge in [0.2, 0.25) is 0 Å². The molecule has 0 aliphatic heterocycles. The van der Waals surface area contributed by atoms with Crippen LogP contribution >= 0.6 is 0 Å². The number of aryl methyl sites for hydroxylation is 2. The summed E-state index contributed by atoms with van der Waals surface area (Å²) in [5.41, 5.74) is 1.96. The maximum absolute atomic E-state index is 11.7. The first-order chi connectivity index (χ1) is 11.0. The molecule has 2 rings (SSSR count). The van der Waals surface area contributed by atoms with Crippen molar-refractivity contribution in [1.29, 1.82) is 0 Å². The van der Waals surface area contributed by atoms with Crippen LogP contribution in [0, 0.1) is 0 Å². The number of carboxylic acid groups (broad SMARTS) is 1. The third kappa shape index (κ3) is 5.42. The number of hydrogen-bond donors (Lipinski definition) is 3. The average Bonchev–Trinajstić information content (AvgIpc) is 2.95. The Balaban J connectivity index is 1.63. The molecule has 0 bridgehead atoms. The van der Waals surface area contributed by atoms with E-state index in [9.17, 15) is 9.59 Å². The van der Waals surface area contributed by atoms with E-state index >= 15 is 0 Å². The quantitative estimate of drug-likeness (QED) is 0.659. The molecule has 3 N–H and O–H groups in total. The molecule has 8 nitrogen and oxygen atoms in total. The molecular weight excluding hydrogens is 298 g/mol. The van der Waals surface area contributed by atoms with E-state index in [-0.39, 0.29) is 11.6 Å². The van der Waals surface area contributed by atoms with Crippen molar-refractivity contribution in [3.8, 4) is 0 Å². The highest BCUT2D eigenvalue weighted by Gasteiger charge is 2.04. The monoisotopic (exact) mass is 317 g/mol. The fourth-order valence-corrected chi connectivity index (χ4v) is 1.98. The summed E-state index contributed by atoms with van der Waals surface area (Å²) in [5, 5.41) is 22.4. The van der Waals surface area contributed by atoms with Crippen LogP contribution in [-0.4, -0.2) is 38.6 Å². The van der Waals surface area contributed by atoms with Gasteiger partial charge in [-0.05, 0) is 30.5 Å². The summed E-state index contributed by atoms with van der Waals surface area (Å²) in [6.45, 7) is 0.885. The highest BCUT2D eigenvalue weighted by atomic mass is 16.4. The Kier molecular flexibility index (Phi) is 5.67. The molecule has 0 atom stereocenters. The van der Waals surface area contributed by atoms with Crippen LogP contribution in [-0.2, 0) is 20.0 Å². The van der Waals surface area contributed by atoms with Gasteiger partial charge < -0.3 is 15.7 Å². The molecule has 0 radical (unpaired) electrons. The first kappa shape index (κ1) is 16.5. The lowest BCUT2D eigenvalue weighted by molar-refractivity contribution is 0.0697. The Morgan fingerprint density at radius 3 is 2.57 bits per heavy atom. The summed E-state index contributed by atoms with van der Waals surface area (Å²) >= 11 is 0. The van der Waals surface area contributed by atoms with Gasteiger partial charge >= 0.3 is 12.0 Å². The number of carbonyl (C=O) groups is 2. The summed E-state index contributed by atoms with van der Waals surface area (Å²) < 4.78 is 0. The number of nitrogens with zero attached hydrogens (tertiary/aromatic N) is 3. The minimum atomic E-state index is -0.967. The molecular formula is C15H19N5O3. The number of carboxylic acids is 1. The minimum Gasteiger partial charge on any atom is -0.478 e. The number of hydrogen-bond acceptors (Lipinski definition) is 4. The summed E-state index contributed by atoms with van der Waals surface area (Å²) in [5.74, 6) is -0.967. The van der Waals surface area contributed by atoms with E-state index in [1.54, 1.807) is 25.4 Å². The Morgan fingerprint density at radius 2 is 1.96 bits per heavy atom. The molecule has 0 saturated carbocycles. The molecule has 0 aliphatic carbocycles. The lowest BCUT2D eigenvalue weighted by Gasteiger charge is -2.07. The van der Waals surface area contributed by atoms with Crippen molar-refractivity contribution in [3.63, 3.8) is 0 Å². The number of nitrogens with one attached hydrogen (secondary N) is 2. The maximum atomic E-state index is 11.7. The van der Waals surface area contributed by atoms with E-state index in [0.717, 1.165) is 24.1 Å². The molecule has 0 saturated heterocycles. The van der Waals surface area contributed by atoms with E-state index in [1.165, 1.54) is 16.9 Å². The number of urea groups is 1. The minimum absolute atomic E-state index is 0.224. The van der Waals surface area contributed by atoms with Crippen LogP contribution < -0.4 is 10.6 Å². The van der Waals surface area contributed by atoms with E-state index < -0.39 is 5.97 Å². The SMILES string of the molecule is Cn1ncc(CCCNC(=O)NCc2ccc(C(=O)O)cc2)n1. The standard InChI is InChI=1S/C15H19N5O3/c1-20-18-10-13(19-20)3-2-8-16-15(23)17-9-11-4-6-12(7-5-11)14(21)22/h4-7,10H,2-3,8-9H2,1H3,(H,21,22)(H2,16,17,23). The summed E-state index contributed by atoms with van der Waals surface area (Å²) in [7, 11) is 1.76. The molecule has 2 amide bonds. The zero-order chi connectivity index (χ0) is 16.7. The first-order valence-corrected chi connectivity index (χ1v) is 7.24. The molecule has 0 unspecified atom stereocenters. The molecule has 0 aliphatic rings. The van der Waals surface area contributed by atoms with Crippen LogP contribution in [0.15, 0.2) is 30.5 Å². The van der Waals surface area contributed by atoms with Crippen molar-refractivity contribution in [1.82, 2.24) is 25.6 Å². The zero-order valence-corrected chi connectivity index (χ0v) is 12.8. The van der Waals surface area contributed by atoms with Crippen molar-refractivity contribution >= 4 is 12.0 Å². The molecule has 1 heterocycles. The number of amides is 2. The van der Waals surface area contributed by atoms with Gasteiger partial charge in [0.25, 0.3) is 0 Å². The molecule has 0 spiro atoms. The van der Waals surface area contributed by atoms with Gasteiger partial charge in [0.05, 0.1) is 17.5 Å². The predicted molar refractivity (Wildman–Crippen MR) is 83.0 cm³/mol. The Bertz CT molecular complexity index is 666. The first-order valence-electron chi connectivity index (χ1n) is 7.24. The summed E-state index contributed by atoms with van der Waals surface area (Å²) in [6, 6.07) is 6.12. The lowest BCUT2D eigenvalue weighted by atomic mass is 10.1. The number of aromatic carboxylic acids is 1. The number of rotatable bonds is 7. The van der Waals surface area contributed by atoms with Gasteiger partial charge in [-0.3, -0.25) is 0 Å². The molecule has 2 aromatic rings. The van der Waals surface area contributed by atoms with E-state index in [1.807, 2.05) is 0 Å². The average molecular weight is 317 g/mol. The third-order valence-electron chi connectivity index (χ3n) is 3.20. The van der Waals surface area contributed by atoms with Gasteiger partial charge in [-0.25, -0.2) is 9.59 Å². The van der Waals surface area contributed by atoms with Gasteiger partial charge in [0, 0.05) is 20.1 Å². The third-order valence-corrected chi connectivity index (χ3v) is 3.20. The summed E-state index contributed by atoms with van der Waals surface area (Å²) in [4.78, 5) is 23.9. The molecule has 122 valence electrons. The summed E-state index contributed by atoms with van der Waals surface area (Å²) in [6.07, 6.45) is 3.24. The van der Waals surface area contributed by atoms with Crippen molar-refractivity contribution < 1.29 is 14.7 Å². The second-order valence-corrected chi connectivity index (χ2v) is 5.04. The molecule has 23 heavy (non-hydrogen) atoms. The van der Waals surface area contributed by atoms with Crippen LogP contribution in [0.4, 0.5) is 4.79 Å². The highest BCUT2D eigenvalue weighted by molar-refractivity contribution is 5.87. The van der Waals surface area contributed by atoms with Crippen LogP contribution in [0.1, 0.15) is 28.0 Å². The second-order valence-electron chi connectivity index (χ2n) is 5.04. The fraction of sp³-hybridized carbons (Fsp3) is 0.333. The zero-order valence-electron chi connectivity index (χ0n) is 12.8. The van der Waals surface area contributed by atoms with Gasteiger partial charge in [0.1, 0.15) is 0 Å². The molecule has 8 heteroatoms. The van der Waals surface area contributed by atoms with Gasteiger partial charge in [-0.2, -0.15) is 15.0 Å². The van der Waals surface area contributed by atoms with Crippen molar-refractivity contribution in [2.45, 2.75) is 19.4 Å². The molecule has 0 fully saturated rings. The van der Waals surface area contributed by atoms with Crippen LogP contribution in [0.2, 0.25) is 0 Å². The van der Waals surface area contributed by atoms with Crippen molar-refractivity contribution in [2.75, 3.05) is 6.54 Å². The van der Waals surface area contributed by atoms with Crippen LogP contribution in [0.25, 0.3) is 0 Å². The maximum Gasteiger partial charge on any atom is 0.335 e. The van der Waals surface area contributed by atoms with E-state index in [2.05, 4.69) is 20.8 Å². The second kappa shape index (κ2) is 7.92. The normalized spacial score (nSPS) is 10.3. The van der Waals surface area contributed by atoms with Gasteiger partial charge in [-0.15, -0.1) is 0 Å². The highest BCUT2D eigenvalue weighted by Crippen LogP contribution is 2.04. The van der Waals surface area contributed by atoms with E-state index in [4.69, 9.17) is 5.11 Å². The van der Waals surface area contributed by atoms with Gasteiger partial charge in [0.15, 0.2) is 0 Å². The number of benzene rings is 1. The van der Waals surface area contributed by atoms with Crippen molar-refractivity contribution in [3.05, 3.63) is 47.3 Å². The predicted octanol–water partition coefficient (Wildman–Crippen LogP) is 0.945. The van der Waals surface area contributed by atoms with Crippen LogP contribution in [0.5, 0.6) is 0 Å². The number of carbonyl (C=O) groups excluding carboxylic acids is 1. The van der Waals surface area contributed by atoms with E-state index in [0.29, 0.717) is 13.1 Å². The largest absolute Gasteiger partial charge is 0.478 e.